The molecule has 3 N–H and O–H groups in total. The normalized spacial score (nSPS) is 21.1. The molecule has 0 saturated carbocycles. The number of nitrogens with zero attached hydrogens (tertiary/aromatic N) is 3. The lowest BCUT2D eigenvalue weighted by atomic mass is 10.1. The van der Waals surface area contributed by atoms with E-state index in [4.69, 9.17) is 9.85 Å². The summed E-state index contributed by atoms with van der Waals surface area (Å²) in [7, 11) is 0. The maximum atomic E-state index is 9.70. The molecule has 5 nitrogen and oxygen atoms in total. The molecule has 0 radical (unpaired) electrons. The monoisotopic (exact) mass is 157 g/mol. The molecule has 1 aromatic heterocycles. The van der Waals surface area contributed by atoms with Gasteiger partial charge in [-0.15, -0.1) is 5.10 Å². The fourth-order valence-electron chi connectivity index (χ4n) is 0.552. The van der Waals surface area contributed by atoms with Crippen LogP contribution in [0, 0.1) is 0 Å². The minimum Gasteiger partial charge on any atom is -0.384 e. The van der Waals surface area contributed by atoms with E-state index >= 15 is 0 Å². The van der Waals surface area contributed by atoms with Gasteiger partial charge in [-0.05, 0) is 13.8 Å². The second-order valence-electron chi connectivity index (χ2n) is 2.27. The molecule has 60 valence electrons. The first kappa shape index (κ1) is 4.61. The Labute approximate surface area is 68.5 Å². The quantitative estimate of drug-likeness (QED) is 0.583. The van der Waals surface area contributed by atoms with Crippen molar-refractivity contribution in [2.75, 3.05) is 5.73 Å². The van der Waals surface area contributed by atoms with E-state index in [1.165, 1.54) is 0 Å². The van der Waals surface area contributed by atoms with E-state index in [0.717, 1.165) is 13.1 Å². The Morgan fingerprint density at radius 3 is 3.09 bits per heavy atom. The van der Waals surface area contributed by atoms with Crippen LogP contribution >= 0.6 is 0 Å². The van der Waals surface area contributed by atoms with Crippen molar-refractivity contribution in [2.24, 2.45) is 0 Å². The Balaban J connectivity index is 3.16. The highest BCUT2D eigenvalue weighted by molar-refractivity contribution is 5.16. The third-order valence-corrected chi connectivity index (χ3v) is 1.07. The van der Waals surface area contributed by atoms with Crippen LogP contribution in [-0.4, -0.2) is 20.3 Å². The predicted octanol–water partition coefficient (Wildman–Crippen LogP) is -0.319. The van der Waals surface area contributed by atoms with Crippen LogP contribution in [-0.2, 0) is 5.60 Å². The van der Waals surface area contributed by atoms with Gasteiger partial charge in [0.05, 0.1) is 11.9 Å². The summed E-state index contributed by atoms with van der Waals surface area (Å²) in [5.74, 6) is -0.174. The van der Waals surface area contributed by atoms with Crippen LogP contribution < -0.4 is 5.73 Å². The largest absolute Gasteiger partial charge is 0.384 e. The van der Waals surface area contributed by atoms with Gasteiger partial charge in [0, 0.05) is 4.11 Å². The lowest BCUT2D eigenvalue weighted by Gasteiger charge is -2.14. The number of aromatic nitrogens is 3. The minimum absolute atomic E-state index is 0.120. The number of aliphatic hydroxyl groups is 1. The van der Waals surface area contributed by atoms with Crippen molar-refractivity contribution < 1.29 is 9.22 Å². The Morgan fingerprint density at radius 1 is 1.82 bits per heavy atom. The molecule has 0 aliphatic carbocycles. The van der Waals surface area contributed by atoms with Crippen molar-refractivity contribution in [1.29, 1.82) is 0 Å². The minimum atomic E-state index is -2.59. The van der Waals surface area contributed by atoms with E-state index in [9.17, 15) is 5.11 Å². The van der Waals surface area contributed by atoms with Gasteiger partial charge in [0.15, 0.2) is 0 Å². The summed E-state index contributed by atoms with van der Waals surface area (Å²) in [6.07, 6.45) is 1.07. The molecule has 0 spiro atoms. The predicted molar refractivity (Wildman–Crippen MR) is 39.5 cm³/mol. The third-order valence-electron chi connectivity index (χ3n) is 1.07. The number of hydrogen-bond donors (Lipinski definition) is 2. The van der Waals surface area contributed by atoms with Crippen molar-refractivity contribution in [3.05, 3.63) is 11.9 Å². The number of anilines is 1. The van der Waals surface area contributed by atoms with E-state index in [-0.39, 0.29) is 11.6 Å². The fourth-order valence-corrected chi connectivity index (χ4v) is 0.552. The Kier molecular flexibility index (Phi) is 1.02. The van der Waals surface area contributed by atoms with E-state index in [0.29, 0.717) is 0 Å². The van der Waals surface area contributed by atoms with Gasteiger partial charge in [-0.25, -0.2) is 4.98 Å². The van der Waals surface area contributed by atoms with E-state index in [1.807, 2.05) is 0 Å². The maximum Gasteiger partial charge on any atom is 0.240 e. The van der Waals surface area contributed by atoms with Crippen LogP contribution in [0.15, 0.2) is 6.20 Å². The van der Waals surface area contributed by atoms with Crippen LogP contribution in [0.25, 0.3) is 0 Å². The summed E-state index contributed by atoms with van der Waals surface area (Å²) < 4.78 is 21.3. The third kappa shape index (κ3) is 1.84. The molecule has 0 fully saturated rings. The first-order valence-electron chi connectivity index (χ1n) is 4.43. The van der Waals surface area contributed by atoms with Crippen molar-refractivity contribution in [1.82, 2.24) is 15.2 Å². The van der Waals surface area contributed by atoms with Gasteiger partial charge in [0.2, 0.25) is 5.95 Å². The molecule has 1 rings (SSSR count). The maximum absolute atomic E-state index is 9.70. The number of nitrogens with two attached hydrogens (primary N) is 1. The molecule has 5 heteroatoms. The standard InChI is InChI=1S/C6H10N4O/c1-6(2,11)4-3-8-10-5(7)9-4/h3,11H,1-2H3,(H2,7,9,10)/i1D3. The summed E-state index contributed by atoms with van der Waals surface area (Å²) >= 11 is 0. The van der Waals surface area contributed by atoms with Gasteiger partial charge in [0.1, 0.15) is 5.60 Å². The van der Waals surface area contributed by atoms with Gasteiger partial charge in [0.25, 0.3) is 0 Å². The lowest BCUT2D eigenvalue weighted by molar-refractivity contribution is 0.0733. The summed E-state index contributed by atoms with van der Waals surface area (Å²) in [6, 6.07) is 0. The smallest absolute Gasteiger partial charge is 0.240 e. The number of rotatable bonds is 1. The van der Waals surface area contributed by atoms with E-state index in [2.05, 4.69) is 15.2 Å². The zero-order valence-corrected chi connectivity index (χ0v) is 5.94. The molecule has 1 unspecified atom stereocenters. The number of hydrogen-bond acceptors (Lipinski definition) is 5. The van der Waals surface area contributed by atoms with Gasteiger partial charge in [-0.1, -0.05) is 0 Å². The summed E-state index contributed by atoms with van der Waals surface area (Å²) in [6.45, 7) is -1.46. The van der Waals surface area contributed by atoms with Gasteiger partial charge < -0.3 is 10.8 Å². The fraction of sp³-hybridized carbons (Fsp3) is 0.500. The highest BCUT2D eigenvalue weighted by Gasteiger charge is 2.18. The molecule has 0 aromatic carbocycles. The van der Waals surface area contributed by atoms with E-state index in [1.54, 1.807) is 0 Å². The molecule has 0 saturated heterocycles. The van der Waals surface area contributed by atoms with Crippen molar-refractivity contribution in [2.45, 2.75) is 19.4 Å². The van der Waals surface area contributed by atoms with Crippen LogP contribution in [0.4, 0.5) is 5.95 Å². The zero-order chi connectivity index (χ0) is 11.0. The number of nitrogen functional groups attached to an aromatic ring is 1. The second-order valence-corrected chi connectivity index (χ2v) is 2.27. The highest BCUT2D eigenvalue weighted by atomic mass is 16.3. The van der Waals surface area contributed by atoms with E-state index < -0.39 is 12.5 Å². The van der Waals surface area contributed by atoms with Crippen LogP contribution in [0.5, 0.6) is 0 Å². The van der Waals surface area contributed by atoms with Gasteiger partial charge in [-0.2, -0.15) is 5.10 Å². The van der Waals surface area contributed by atoms with Crippen molar-refractivity contribution in [3.63, 3.8) is 0 Å². The highest BCUT2D eigenvalue weighted by Crippen LogP contribution is 2.15. The summed E-state index contributed by atoms with van der Waals surface area (Å²) in [5, 5.41) is 16.5. The molecular formula is C6H10N4O. The Bertz CT molecular complexity index is 338. The van der Waals surface area contributed by atoms with Gasteiger partial charge >= 0.3 is 0 Å². The Hall–Kier alpha value is -1.23. The topological polar surface area (TPSA) is 84.9 Å². The molecule has 1 heterocycles. The van der Waals surface area contributed by atoms with Crippen molar-refractivity contribution in [3.8, 4) is 0 Å². The molecule has 0 aliphatic heterocycles. The summed E-state index contributed by atoms with van der Waals surface area (Å²) in [5.41, 5.74) is 3.03. The molecular weight excluding hydrogens is 144 g/mol. The molecule has 0 bridgehead atoms. The molecule has 0 amide bonds. The zero-order valence-electron chi connectivity index (χ0n) is 8.94. The van der Waals surface area contributed by atoms with Crippen LogP contribution in [0.1, 0.15) is 23.6 Å². The second kappa shape index (κ2) is 2.43. The molecule has 0 aliphatic rings. The SMILES string of the molecule is [2H]C([2H])([2H])C(C)(O)c1cnnc(N)n1. The van der Waals surface area contributed by atoms with Gasteiger partial charge in [-0.3, -0.25) is 0 Å². The molecule has 1 aromatic rings. The average Bonchev–Trinajstić information content (AvgIpc) is 2.02. The van der Waals surface area contributed by atoms with Crippen LogP contribution in [0.2, 0.25) is 0 Å². The lowest BCUT2D eigenvalue weighted by Crippen LogP contribution is -2.19. The van der Waals surface area contributed by atoms with Crippen LogP contribution in [0.3, 0.4) is 0 Å². The summed E-state index contributed by atoms with van der Waals surface area (Å²) in [4.78, 5) is 3.61. The molecule has 1 atom stereocenters. The first-order chi connectivity index (χ1) is 6.25. The Morgan fingerprint density at radius 2 is 2.55 bits per heavy atom. The molecule has 11 heavy (non-hydrogen) atoms. The first-order valence-corrected chi connectivity index (χ1v) is 2.93. The van der Waals surface area contributed by atoms with Crippen molar-refractivity contribution >= 4 is 5.95 Å². The average molecular weight is 157 g/mol.